The predicted molar refractivity (Wildman–Crippen MR) is 526 cm³/mol. The van der Waals surface area contributed by atoms with Crippen molar-refractivity contribution in [3.05, 3.63) is 312 Å². The van der Waals surface area contributed by atoms with Crippen molar-refractivity contribution in [2.45, 2.75) is 86.1 Å². The topological polar surface area (TPSA) is 242 Å². The molecule has 684 valence electrons. The van der Waals surface area contributed by atoms with Gasteiger partial charge in [0, 0.05) is 149 Å². The number of hydrogen-bond donors (Lipinski definition) is 2. The zero-order valence-corrected chi connectivity index (χ0v) is 80.4. The Kier molecular flexibility index (Phi) is 39.8. The van der Waals surface area contributed by atoms with E-state index >= 15 is 0 Å². The zero-order valence-electron chi connectivity index (χ0n) is 74.2. The van der Waals surface area contributed by atoms with Crippen LogP contribution in [0.4, 0.5) is 38.6 Å². The highest BCUT2D eigenvalue weighted by atomic mass is 35.5. The average Bonchev–Trinajstić information content (AvgIpc) is 1.38. The van der Waals surface area contributed by atoms with Gasteiger partial charge in [0.2, 0.25) is 43.7 Å². The van der Waals surface area contributed by atoms with Gasteiger partial charge in [-0.15, -0.1) is 0 Å². The third-order valence-corrected chi connectivity index (χ3v) is 23.8. The summed E-state index contributed by atoms with van der Waals surface area (Å²) in [4.78, 5) is 56.2. The third kappa shape index (κ3) is 30.2. The van der Waals surface area contributed by atoms with Crippen LogP contribution in [0.25, 0.3) is 66.8 Å². The van der Waals surface area contributed by atoms with Crippen LogP contribution in [-0.4, -0.2) is 127 Å². The highest BCUT2D eigenvalue weighted by Gasteiger charge is 2.28. The second-order valence-corrected chi connectivity index (χ2v) is 36.4. The molecule has 0 saturated carbocycles. The smallest absolute Gasteiger partial charge is 0.231 e. The van der Waals surface area contributed by atoms with Crippen LogP contribution in [0.3, 0.4) is 0 Å². The number of rotatable bonds is 27. The molecule has 0 bridgehead atoms. The van der Waals surface area contributed by atoms with Crippen molar-refractivity contribution < 1.29 is 68.8 Å². The molecule has 3 heterocycles. The van der Waals surface area contributed by atoms with E-state index in [9.17, 15) is 40.4 Å². The number of hydrogen-bond acceptors (Lipinski definition) is 15. The molecule has 4 amide bonds. The number of ether oxygens (including phenoxy) is 6. The lowest BCUT2D eigenvalue weighted by atomic mass is 9.98. The number of nitrogens with one attached hydrogen (secondary N) is 2. The van der Waals surface area contributed by atoms with Crippen molar-refractivity contribution in [1.82, 2.24) is 4.98 Å². The number of pyridine rings is 1. The van der Waals surface area contributed by atoms with E-state index in [-0.39, 0.29) is 23.6 Å². The Balaban J connectivity index is 0.000000176. The summed E-state index contributed by atoms with van der Waals surface area (Å²) in [6.07, 6.45) is 5.01. The molecule has 12 aromatic rings. The number of anilines is 6. The molecule has 2 N–H and O–H groups in total. The van der Waals surface area contributed by atoms with Crippen molar-refractivity contribution in [2.75, 3.05) is 111 Å². The molecule has 14 rings (SSSR count). The Morgan fingerprint density at radius 2 is 0.746 bits per heavy atom. The molecule has 21 nitrogen and oxygen atoms in total. The Hall–Kier alpha value is -10.6. The van der Waals surface area contributed by atoms with Crippen molar-refractivity contribution in [3.8, 4) is 66.8 Å². The standard InChI is InChI=1S/C18H17ClFNO2.C18H20ClNO2.C17H17ClN2O2.C16H18ClNO3S.C16H16ClNO2.C15H16ClNO3S/c1-23-11-13-9-17(21-8-2-3-18(21)22)16(20)10-15(13)12-4-6-14(19)7-5-12;1-4-20(13(2)21)17-9-10-18(15(11-17)12-22-3)14-5-7-16(19)8-6-14;1-22-11-15-14(12-4-6-13(18)7-5-12)8-9-16(19-15)20-10-2-3-17(20)21;1-18(22(3,19)20)15-8-9-16(13(10-15)11-21-2)12-4-6-14(17)7-5-12;1-11(19)18-15-7-8-16(13(9-15)10-20-2)12-3-5-14(17)6-4-12;1-20-10-12-9-14(17-21(2,18)19)7-8-15(12)11-3-5-13(16)6-4-11/h4-7,9-10H,2-3,8,11H2,1H3;5-11H,4,12H2,1-3H3;4-9H,2-3,10-11H2,1H3;4-10H,11H2,1-3H3;3-9H,10H2,1-2H3,(H,18,19);3-9,17H,10H2,1-2H3. The SMILES string of the molecule is CCN(C(C)=O)c1ccc(-c2ccc(Cl)cc2)c(COC)c1.COCc1cc(N(C)S(C)(=O)=O)ccc1-c1ccc(Cl)cc1.COCc1cc(N2CCCC2=O)c(F)cc1-c1ccc(Cl)cc1.COCc1cc(NC(C)=O)ccc1-c1ccc(Cl)cc1.COCc1cc(NS(C)(=O)=O)ccc1-c1ccc(Cl)cc1.COCc1nc(N2CCCC2=O)ccc1-c1ccc(Cl)cc1. The first-order valence-corrected chi connectivity index (χ1v) is 47.1. The highest BCUT2D eigenvalue weighted by Crippen LogP contribution is 2.38. The molecule has 0 spiro atoms. The molecule has 2 fully saturated rings. The quantitative estimate of drug-likeness (QED) is 0.0486. The molecule has 0 unspecified atom stereocenters. The van der Waals surface area contributed by atoms with E-state index in [0.717, 1.165) is 137 Å². The van der Waals surface area contributed by atoms with E-state index in [1.54, 1.807) is 95.8 Å². The first kappa shape index (κ1) is 103. The van der Waals surface area contributed by atoms with Gasteiger partial charge in [0.25, 0.3) is 0 Å². The molecule has 130 heavy (non-hydrogen) atoms. The summed E-state index contributed by atoms with van der Waals surface area (Å²) in [6, 6.07) is 74.9. The summed E-state index contributed by atoms with van der Waals surface area (Å²) in [5, 5.41) is 6.86. The van der Waals surface area contributed by atoms with Crippen LogP contribution in [0.1, 0.15) is 80.0 Å². The van der Waals surface area contributed by atoms with E-state index in [1.165, 1.54) is 35.5 Å². The van der Waals surface area contributed by atoms with Gasteiger partial charge < -0.3 is 43.5 Å². The van der Waals surface area contributed by atoms with Crippen molar-refractivity contribution >= 4 is 148 Å². The second-order valence-electron chi connectivity index (χ2n) is 30.0. The summed E-state index contributed by atoms with van der Waals surface area (Å²) in [5.41, 5.74) is 20.5. The number of halogens is 7. The van der Waals surface area contributed by atoms with E-state index in [0.29, 0.717) is 119 Å². The predicted octanol–water partition coefficient (Wildman–Crippen LogP) is 23.8. The lowest BCUT2D eigenvalue weighted by Gasteiger charge is -2.21. The molecular weight excluding hydrogens is 1820 g/mol. The van der Waals surface area contributed by atoms with Crippen LogP contribution < -0.4 is 29.0 Å². The summed E-state index contributed by atoms with van der Waals surface area (Å²) in [7, 11) is 4.69. The minimum absolute atomic E-state index is 0.0325. The number of sulfonamides is 2. The minimum atomic E-state index is -3.30. The highest BCUT2D eigenvalue weighted by molar-refractivity contribution is 7.92. The van der Waals surface area contributed by atoms with Crippen molar-refractivity contribution in [1.29, 1.82) is 0 Å². The van der Waals surface area contributed by atoms with Gasteiger partial charge in [0.15, 0.2) is 0 Å². The summed E-state index contributed by atoms with van der Waals surface area (Å²) < 4.78 is 95.8. The van der Waals surface area contributed by atoms with Gasteiger partial charge in [-0.1, -0.05) is 167 Å². The maximum absolute atomic E-state index is 14.6. The number of benzene rings is 11. The normalized spacial score (nSPS) is 12.2. The summed E-state index contributed by atoms with van der Waals surface area (Å²) >= 11 is 35.5. The Labute approximate surface area is 791 Å². The lowest BCUT2D eigenvalue weighted by molar-refractivity contribution is -0.117. The number of carbonyl (C=O) groups is 4. The number of carbonyl (C=O) groups excluding carboxylic acids is 4. The minimum Gasteiger partial charge on any atom is -0.380 e. The largest absolute Gasteiger partial charge is 0.380 e. The zero-order chi connectivity index (χ0) is 94.4. The fraction of sp³-hybridized carbons (Fsp3) is 0.250. The molecule has 1 aromatic heterocycles. The monoisotopic (exact) mass is 1920 g/mol. The van der Waals surface area contributed by atoms with Gasteiger partial charge in [-0.3, -0.25) is 33.1 Å². The Morgan fingerprint density at radius 1 is 0.415 bits per heavy atom. The Bertz CT molecular complexity index is 5980. The number of amides is 4. The molecule has 30 heteroatoms. The van der Waals surface area contributed by atoms with Crippen molar-refractivity contribution in [3.63, 3.8) is 0 Å². The van der Waals surface area contributed by atoms with Gasteiger partial charge in [-0.25, -0.2) is 26.2 Å². The van der Waals surface area contributed by atoms with Gasteiger partial charge in [-0.05, 0) is 254 Å². The maximum atomic E-state index is 14.6. The molecule has 0 atom stereocenters. The van der Waals surface area contributed by atoms with Gasteiger partial charge in [-0.2, -0.15) is 0 Å². The van der Waals surface area contributed by atoms with Crippen LogP contribution in [0.5, 0.6) is 0 Å². The van der Waals surface area contributed by atoms with Gasteiger partial charge >= 0.3 is 0 Å². The first-order valence-electron chi connectivity index (χ1n) is 41.1. The Morgan fingerprint density at radius 3 is 1.10 bits per heavy atom. The van der Waals surface area contributed by atoms with Crippen LogP contribution in [0.2, 0.25) is 30.1 Å². The van der Waals surface area contributed by atoms with E-state index in [2.05, 4.69) is 15.0 Å². The molecule has 0 radical (unpaired) electrons. The maximum Gasteiger partial charge on any atom is 0.231 e. The second kappa shape index (κ2) is 50.1. The van der Waals surface area contributed by atoms with Crippen LogP contribution in [0.15, 0.2) is 243 Å². The van der Waals surface area contributed by atoms with Gasteiger partial charge in [0.1, 0.15) is 11.6 Å². The molecule has 11 aromatic carbocycles. The molecular formula is C100H104Cl6FN7O14S2. The first-order chi connectivity index (χ1) is 62.2. The number of methoxy groups -OCH3 is 6. The third-order valence-electron chi connectivity index (χ3n) is 20.4. The van der Waals surface area contributed by atoms with E-state index in [1.807, 2.05) is 207 Å². The van der Waals surface area contributed by atoms with Crippen LogP contribution >= 0.6 is 69.6 Å². The number of nitrogens with zero attached hydrogens (tertiary/aromatic N) is 5. The number of aromatic nitrogens is 1. The summed E-state index contributed by atoms with van der Waals surface area (Å²) in [5.74, 6) is 0.344. The molecule has 0 aliphatic carbocycles. The molecule has 2 saturated heterocycles. The lowest BCUT2D eigenvalue weighted by Crippen LogP contribution is -2.27. The van der Waals surface area contributed by atoms with Gasteiger partial charge in [0.05, 0.1) is 69.2 Å². The fourth-order valence-electron chi connectivity index (χ4n) is 14.3. The van der Waals surface area contributed by atoms with Crippen LogP contribution in [-0.2, 0) is 107 Å². The summed E-state index contributed by atoms with van der Waals surface area (Å²) in [6.45, 7) is 9.44. The average molecular weight is 1920 g/mol. The van der Waals surface area contributed by atoms with Crippen molar-refractivity contribution in [2.24, 2.45) is 0 Å². The molecule has 2 aliphatic heterocycles. The van der Waals surface area contributed by atoms with Crippen LogP contribution in [0, 0.1) is 5.82 Å². The fourth-order valence-corrected chi connectivity index (χ4v) is 16.2. The van der Waals surface area contributed by atoms with E-state index in [4.69, 9.17) is 98.0 Å². The molecule has 2 aliphatic rings. The van der Waals surface area contributed by atoms with E-state index < -0.39 is 25.9 Å².